The maximum Gasteiger partial charge on any atom is 0.310 e. The summed E-state index contributed by atoms with van der Waals surface area (Å²) in [5.41, 5.74) is -0.734. The molecule has 0 saturated heterocycles. The maximum absolute atomic E-state index is 10.9. The highest BCUT2D eigenvalue weighted by atomic mass is 16.4. The first kappa shape index (κ1) is 12.5. The van der Waals surface area contributed by atoms with Crippen LogP contribution in [0, 0.1) is 11.3 Å². The molecule has 15 heavy (non-hydrogen) atoms. The molecule has 3 N–H and O–H groups in total. The third kappa shape index (κ3) is 3.18. The summed E-state index contributed by atoms with van der Waals surface area (Å²) in [6, 6.07) is 0.286. The lowest BCUT2D eigenvalue weighted by Crippen LogP contribution is -2.43. The average molecular weight is 215 g/mol. The first-order valence-electron chi connectivity index (χ1n) is 5.55. The summed E-state index contributed by atoms with van der Waals surface area (Å²) in [5, 5.41) is 21.3. The first-order chi connectivity index (χ1) is 6.97. The summed E-state index contributed by atoms with van der Waals surface area (Å²) in [6.07, 6.45) is 3.21. The van der Waals surface area contributed by atoms with E-state index in [1.165, 1.54) is 0 Å². The van der Waals surface area contributed by atoms with Crippen LogP contribution in [0.4, 0.5) is 0 Å². The van der Waals surface area contributed by atoms with Crippen molar-refractivity contribution >= 4 is 5.97 Å². The monoisotopic (exact) mass is 215 g/mol. The molecule has 0 spiro atoms. The number of hydrogen-bond acceptors (Lipinski definition) is 3. The molecular weight excluding hydrogens is 194 g/mol. The molecule has 4 nitrogen and oxygen atoms in total. The maximum atomic E-state index is 10.9. The molecule has 1 rings (SSSR count). The van der Waals surface area contributed by atoms with Crippen LogP contribution in [0.5, 0.6) is 0 Å². The van der Waals surface area contributed by atoms with Crippen molar-refractivity contribution < 1.29 is 15.0 Å². The molecule has 2 unspecified atom stereocenters. The predicted molar refractivity (Wildman–Crippen MR) is 57.6 cm³/mol. The summed E-state index contributed by atoms with van der Waals surface area (Å²) >= 11 is 0. The van der Waals surface area contributed by atoms with E-state index in [2.05, 4.69) is 5.32 Å². The van der Waals surface area contributed by atoms with E-state index >= 15 is 0 Å². The Morgan fingerprint density at radius 1 is 1.47 bits per heavy atom. The number of aliphatic carboxylic acids is 1. The van der Waals surface area contributed by atoms with Crippen LogP contribution in [0.25, 0.3) is 0 Å². The number of nitrogens with one attached hydrogen (secondary N) is 1. The van der Waals surface area contributed by atoms with Gasteiger partial charge in [-0.25, -0.2) is 0 Å². The van der Waals surface area contributed by atoms with Gasteiger partial charge in [0.2, 0.25) is 0 Å². The van der Waals surface area contributed by atoms with Crippen LogP contribution in [-0.4, -0.2) is 35.4 Å². The summed E-state index contributed by atoms with van der Waals surface area (Å²) in [4.78, 5) is 10.9. The molecule has 2 atom stereocenters. The fraction of sp³-hybridized carbons (Fsp3) is 0.909. The van der Waals surface area contributed by atoms with Crippen molar-refractivity contribution in [1.29, 1.82) is 0 Å². The zero-order valence-electron chi connectivity index (χ0n) is 9.49. The molecule has 88 valence electrons. The third-order valence-electron chi connectivity index (χ3n) is 3.28. The Bertz CT molecular complexity index is 228. The second kappa shape index (κ2) is 4.94. The highest BCUT2D eigenvalue weighted by Crippen LogP contribution is 2.26. The van der Waals surface area contributed by atoms with Crippen LogP contribution < -0.4 is 5.32 Å². The van der Waals surface area contributed by atoms with Crippen molar-refractivity contribution in [3.63, 3.8) is 0 Å². The van der Waals surface area contributed by atoms with Crippen molar-refractivity contribution in [2.45, 2.75) is 39.2 Å². The number of carbonyl (C=O) groups is 1. The molecule has 0 bridgehead atoms. The Labute approximate surface area is 90.7 Å². The van der Waals surface area contributed by atoms with Gasteiger partial charge in [0.15, 0.2) is 0 Å². The van der Waals surface area contributed by atoms with Gasteiger partial charge in [-0.2, -0.15) is 0 Å². The predicted octanol–water partition coefficient (Wildman–Crippen LogP) is 0.848. The molecule has 4 heteroatoms. The van der Waals surface area contributed by atoms with Crippen molar-refractivity contribution in [2.75, 3.05) is 13.2 Å². The lowest BCUT2D eigenvalue weighted by Gasteiger charge is -2.25. The molecule has 1 saturated carbocycles. The van der Waals surface area contributed by atoms with Gasteiger partial charge in [0.25, 0.3) is 0 Å². The number of carboxylic acid groups (broad SMARTS) is 1. The fourth-order valence-corrected chi connectivity index (χ4v) is 1.99. The van der Waals surface area contributed by atoms with Crippen molar-refractivity contribution in [2.24, 2.45) is 11.3 Å². The van der Waals surface area contributed by atoms with Gasteiger partial charge in [0, 0.05) is 19.2 Å². The SMILES string of the molecule is CC(C)(CNC1CCCC1CO)C(=O)O. The van der Waals surface area contributed by atoms with Crippen molar-refractivity contribution in [3.8, 4) is 0 Å². The molecular formula is C11H21NO3. The molecule has 0 aromatic rings. The second-order valence-electron chi connectivity index (χ2n) is 5.05. The summed E-state index contributed by atoms with van der Waals surface area (Å²) < 4.78 is 0. The van der Waals surface area contributed by atoms with E-state index < -0.39 is 11.4 Å². The molecule has 0 aromatic heterocycles. The summed E-state index contributed by atoms with van der Waals surface area (Å²) in [5.74, 6) is -0.483. The van der Waals surface area contributed by atoms with Gasteiger partial charge < -0.3 is 15.5 Å². The van der Waals surface area contributed by atoms with Gasteiger partial charge in [-0.15, -0.1) is 0 Å². The highest BCUT2D eigenvalue weighted by molar-refractivity contribution is 5.73. The molecule has 0 heterocycles. The minimum Gasteiger partial charge on any atom is -0.481 e. The number of aliphatic hydroxyl groups is 1. The van der Waals surface area contributed by atoms with Crippen molar-refractivity contribution in [1.82, 2.24) is 5.32 Å². The topological polar surface area (TPSA) is 69.6 Å². The molecule has 1 fully saturated rings. The average Bonchev–Trinajstić information content (AvgIpc) is 2.61. The lowest BCUT2D eigenvalue weighted by atomic mass is 9.93. The van der Waals surface area contributed by atoms with Crippen LogP contribution in [-0.2, 0) is 4.79 Å². The smallest absolute Gasteiger partial charge is 0.310 e. The van der Waals surface area contributed by atoms with Gasteiger partial charge in [-0.05, 0) is 32.6 Å². The van der Waals surface area contributed by atoms with E-state index in [4.69, 9.17) is 10.2 Å². The van der Waals surface area contributed by atoms with Crippen LogP contribution in [0.3, 0.4) is 0 Å². The van der Waals surface area contributed by atoms with Gasteiger partial charge in [-0.3, -0.25) is 4.79 Å². The van der Waals surface area contributed by atoms with Crippen LogP contribution >= 0.6 is 0 Å². The van der Waals surface area contributed by atoms with Crippen LogP contribution in [0.1, 0.15) is 33.1 Å². The number of aliphatic hydroxyl groups excluding tert-OH is 1. The Hall–Kier alpha value is -0.610. The van der Waals surface area contributed by atoms with Gasteiger partial charge in [-0.1, -0.05) is 6.42 Å². The quantitative estimate of drug-likeness (QED) is 0.636. The molecule has 0 amide bonds. The normalized spacial score (nSPS) is 26.9. The van der Waals surface area contributed by atoms with Gasteiger partial charge in [0.1, 0.15) is 0 Å². The number of rotatable bonds is 5. The minimum atomic E-state index is -0.784. The standard InChI is InChI=1S/C11H21NO3/c1-11(2,10(14)15)7-12-9-5-3-4-8(9)6-13/h8-9,12-13H,3-7H2,1-2H3,(H,14,15). The highest BCUT2D eigenvalue weighted by Gasteiger charge is 2.31. The lowest BCUT2D eigenvalue weighted by molar-refractivity contribution is -0.146. The van der Waals surface area contributed by atoms with Gasteiger partial charge >= 0.3 is 5.97 Å². The van der Waals surface area contributed by atoms with E-state index in [1.54, 1.807) is 13.8 Å². The molecule has 0 radical (unpaired) electrons. The minimum absolute atomic E-state index is 0.200. The Kier molecular flexibility index (Phi) is 4.11. The first-order valence-corrected chi connectivity index (χ1v) is 5.55. The van der Waals surface area contributed by atoms with E-state index in [9.17, 15) is 4.79 Å². The van der Waals surface area contributed by atoms with E-state index in [1.807, 2.05) is 0 Å². The fourth-order valence-electron chi connectivity index (χ4n) is 1.99. The molecule has 1 aliphatic carbocycles. The van der Waals surface area contributed by atoms with E-state index in [0.29, 0.717) is 12.5 Å². The van der Waals surface area contributed by atoms with Crippen LogP contribution in [0.2, 0.25) is 0 Å². The summed E-state index contributed by atoms with van der Waals surface area (Å²) in [6.45, 7) is 4.09. The Morgan fingerprint density at radius 3 is 2.67 bits per heavy atom. The Balaban J connectivity index is 2.39. The van der Waals surface area contributed by atoms with Crippen LogP contribution in [0.15, 0.2) is 0 Å². The second-order valence-corrected chi connectivity index (χ2v) is 5.05. The third-order valence-corrected chi connectivity index (χ3v) is 3.28. The number of carboxylic acids is 1. The number of hydrogen-bond donors (Lipinski definition) is 3. The molecule has 1 aliphatic rings. The zero-order valence-corrected chi connectivity index (χ0v) is 9.49. The molecule has 0 aromatic carbocycles. The van der Waals surface area contributed by atoms with Gasteiger partial charge in [0.05, 0.1) is 5.41 Å². The van der Waals surface area contributed by atoms with Crippen molar-refractivity contribution in [3.05, 3.63) is 0 Å². The zero-order chi connectivity index (χ0) is 11.5. The largest absolute Gasteiger partial charge is 0.481 e. The van der Waals surface area contributed by atoms with E-state index in [0.717, 1.165) is 19.3 Å². The Morgan fingerprint density at radius 2 is 2.13 bits per heavy atom. The summed E-state index contributed by atoms with van der Waals surface area (Å²) in [7, 11) is 0. The van der Waals surface area contributed by atoms with E-state index in [-0.39, 0.29) is 12.6 Å². The molecule has 0 aliphatic heterocycles.